The van der Waals surface area contributed by atoms with E-state index in [4.69, 9.17) is 14.6 Å². The minimum absolute atomic E-state index is 0.283. The molecule has 0 amide bonds. The molecule has 0 fully saturated rings. The Morgan fingerprint density at radius 1 is 1.20 bits per heavy atom. The summed E-state index contributed by atoms with van der Waals surface area (Å²) in [7, 11) is 0. The third-order valence-corrected chi connectivity index (χ3v) is 3.62. The summed E-state index contributed by atoms with van der Waals surface area (Å²) in [5.74, 6) is 0.459. The van der Waals surface area contributed by atoms with Crippen LogP contribution in [0, 0.1) is 6.92 Å². The Kier molecular flexibility index (Phi) is 6.46. The van der Waals surface area contributed by atoms with E-state index in [1.807, 2.05) is 32.0 Å². The van der Waals surface area contributed by atoms with Crippen LogP contribution in [0.5, 0.6) is 11.5 Å². The Bertz CT molecular complexity index is 755. The third-order valence-electron chi connectivity index (χ3n) is 3.62. The summed E-state index contributed by atoms with van der Waals surface area (Å²) >= 11 is 0. The van der Waals surface area contributed by atoms with Crippen molar-refractivity contribution in [2.45, 2.75) is 20.4 Å². The van der Waals surface area contributed by atoms with Gasteiger partial charge in [0.25, 0.3) is 0 Å². The number of ether oxygens (including phenoxy) is 2. The quantitative estimate of drug-likeness (QED) is 0.667. The highest BCUT2D eigenvalue weighted by Gasteiger charge is 2.08. The number of aromatic carboxylic acids is 1. The number of hydrogen-bond donors (Lipinski definition) is 2. The Labute approximate surface area is 147 Å². The molecule has 2 rings (SSSR count). The van der Waals surface area contributed by atoms with Gasteiger partial charge in [-0.2, -0.15) is 0 Å². The maximum absolute atomic E-state index is 11.0. The second-order valence-electron chi connectivity index (χ2n) is 5.50. The maximum Gasteiger partial charge on any atom is 0.335 e. The maximum atomic E-state index is 11.0. The number of carboxylic acids is 1. The van der Waals surface area contributed by atoms with Crippen molar-refractivity contribution < 1.29 is 19.4 Å². The predicted molar refractivity (Wildman–Crippen MR) is 98.8 cm³/mol. The van der Waals surface area contributed by atoms with E-state index in [1.54, 1.807) is 24.3 Å². The van der Waals surface area contributed by atoms with Gasteiger partial charge < -0.3 is 19.9 Å². The molecule has 0 saturated carbocycles. The second kappa shape index (κ2) is 8.78. The first-order valence-electron chi connectivity index (χ1n) is 8.12. The van der Waals surface area contributed by atoms with Crippen LogP contribution in [-0.4, -0.2) is 24.3 Å². The summed E-state index contributed by atoms with van der Waals surface area (Å²) in [4.78, 5) is 11.0. The van der Waals surface area contributed by atoms with Gasteiger partial charge >= 0.3 is 5.97 Å². The molecule has 0 heterocycles. The van der Waals surface area contributed by atoms with Gasteiger partial charge in [0.2, 0.25) is 0 Å². The molecule has 132 valence electrons. The summed E-state index contributed by atoms with van der Waals surface area (Å²) in [6.07, 6.45) is 1.69. The van der Waals surface area contributed by atoms with Gasteiger partial charge in [-0.15, -0.1) is 0 Å². The number of hydrogen-bond acceptors (Lipinski definition) is 4. The molecule has 0 aromatic heterocycles. The van der Waals surface area contributed by atoms with E-state index in [2.05, 4.69) is 11.9 Å². The largest absolute Gasteiger partial charge is 0.490 e. The molecule has 2 aromatic carbocycles. The molecule has 0 unspecified atom stereocenters. The normalized spacial score (nSPS) is 10.2. The first-order chi connectivity index (χ1) is 12.0. The van der Waals surface area contributed by atoms with Gasteiger partial charge in [0.05, 0.1) is 12.2 Å². The highest BCUT2D eigenvalue weighted by atomic mass is 16.5. The first kappa shape index (κ1) is 18.4. The van der Waals surface area contributed by atoms with Gasteiger partial charge in [-0.05, 0) is 55.3 Å². The topological polar surface area (TPSA) is 67.8 Å². The summed E-state index contributed by atoms with van der Waals surface area (Å²) < 4.78 is 11.2. The third kappa shape index (κ3) is 5.01. The van der Waals surface area contributed by atoms with Crippen LogP contribution >= 0.6 is 0 Å². The van der Waals surface area contributed by atoms with Crippen LogP contribution in [-0.2, 0) is 6.54 Å². The SMILES string of the molecule is C=CCOc1ccc(CNc2ccc(C(=O)O)cc2C)cc1OCC. The van der Waals surface area contributed by atoms with Crippen molar-refractivity contribution >= 4 is 11.7 Å². The van der Waals surface area contributed by atoms with E-state index >= 15 is 0 Å². The van der Waals surface area contributed by atoms with Crippen LogP contribution < -0.4 is 14.8 Å². The van der Waals surface area contributed by atoms with Gasteiger partial charge in [-0.25, -0.2) is 4.79 Å². The number of carbonyl (C=O) groups is 1. The van der Waals surface area contributed by atoms with E-state index in [-0.39, 0.29) is 5.56 Å². The molecule has 25 heavy (non-hydrogen) atoms. The molecule has 5 nitrogen and oxygen atoms in total. The Morgan fingerprint density at radius 3 is 2.64 bits per heavy atom. The van der Waals surface area contributed by atoms with Gasteiger partial charge in [0.1, 0.15) is 6.61 Å². The average Bonchev–Trinajstić information content (AvgIpc) is 2.60. The average molecular weight is 341 g/mol. The number of aryl methyl sites for hydroxylation is 1. The Balaban J connectivity index is 2.11. The lowest BCUT2D eigenvalue weighted by atomic mass is 10.1. The van der Waals surface area contributed by atoms with Gasteiger partial charge in [0.15, 0.2) is 11.5 Å². The van der Waals surface area contributed by atoms with Gasteiger partial charge in [0, 0.05) is 12.2 Å². The van der Waals surface area contributed by atoms with Crippen LogP contribution in [0.4, 0.5) is 5.69 Å². The zero-order valence-corrected chi connectivity index (χ0v) is 14.5. The highest BCUT2D eigenvalue weighted by molar-refractivity contribution is 5.88. The van der Waals surface area contributed by atoms with E-state index in [0.29, 0.717) is 31.3 Å². The summed E-state index contributed by atoms with van der Waals surface area (Å²) in [6, 6.07) is 10.8. The molecule has 2 N–H and O–H groups in total. The van der Waals surface area contributed by atoms with Crippen molar-refractivity contribution in [1.29, 1.82) is 0 Å². The van der Waals surface area contributed by atoms with E-state index in [9.17, 15) is 4.79 Å². The second-order valence-corrected chi connectivity index (χ2v) is 5.50. The van der Waals surface area contributed by atoms with Crippen molar-refractivity contribution in [3.05, 3.63) is 65.7 Å². The van der Waals surface area contributed by atoms with Crippen molar-refractivity contribution in [1.82, 2.24) is 0 Å². The number of nitrogens with one attached hydrogen (secondary N) is 1. The molecule has 2 aromatic rings. The fourth-order valence-electron chi connectivity index (χ4n) is 2.39. The van der Waals surface area contributed by atoms with Crippen molar-refractivity contribution in [2.75, 3.05) is 18.5 Å². The minimum atomic E-state index is -0.925. The van der Waals surface area contributed by atoms with E-state index < -0.39 is 5.97 Å². The highest BCUT2D eigenvalue weighted by Crippen LogP contribution is 2.29. The van der Waals surface area contributed by atoms with Crippen molar-refractivity contribution in [2.24, 2.45) is 0 Å². The lowest BCUT2D eigenvalue weighted by Crippen LogP contribution is -2.04. The Morgan fingerprint density at radius 2 is 2.00 bits per heavy atom. The van der Waals surface area contributed by atoms with Crippen LogP contribution in [0.25, 0.3) is 0 Å². The van der Waals surface area contributed by atoms with Crippen molar-refractivity contribution in [3.63, 3.8) is 0 Å². The fraction of sp³-hybridized carbons (Fsp3) is 0.250. The van der Waals surface area contributed by atoms with Crippen LogP contribution in [0.3, 0.4) is 0 Å². The lowest BCUT2D eigenvalue weighted by Gasteiger charge is -2.14. The summed E-state index contributed by atoms with van der Waals surface area (Å²) in [5, 5.41) is 12.3. The Hall–Kier alpha value is -2.95. The van der Waals surface area contributed by atoms with Crippen LogP contribution in [0.15, 0.2) is 49.1 Å². The van der Waals surface area contributed by atoms with E-state index in [0.717, 1.165) is 16.8 Å². The molecule has 0 aliphatic heterocycles. The molecule has 0 saturated heterocycles. The summed E-state index contributed by atoms with van der Waals surface area (Å²) in [5.41, 5.74) is 3.10. The molecule has 0 atom stereocenters. The lowest BCUT2D eigenvalue weighted by molar-refractivity contribution is 0.0697. The minimum Gasteiger partial charge on any atom is -0.490 e. The fourth-order valence-corrected chi connectivity index (χ4v) is 2.39. The number of benzene rings is 2. The number of rotatable bonds is 9. The molecular formula is C20H23NO4. The predicted octanol–water partition coefficient (Wildman–Crippen LogP) is 4.27. The molecule has 0 bridgehead atoms. The molecule has 5 heteroatoms. The van der Waals surface area contributed by atoms with Crippen molar-refractivity contribution in [3.8, 4) is 11.5 Å². The number of anilines is 1. The van der Waals surface area contributed by atoms with Crippen LogP contribution in [0.1, 0.15) is 28.4 Å². The van der Waals surface area contributed by atoms with Gasteiger partial charge in [-0.1, -0.05) is 18.7 Å². The molecule has 0 radical (unpaired) electrons. The van der Waals surface area contributed by atoms with Crippen LogP contribution in [0.2, 0.25) is 0 Å². The molecular weight excluding hydrogens is 318 g/mol. The van der Waals surface area contributed by atoms with E-state index in [1.165, 1.54) is 0 Å². The summed E-state index contributed by atoms with van der Waals surface area (Å²) in [6.45, 7) is 9.02. The zero-order chi connectivity index (χ0) is 18.2. The number of carboxylic acid groups (broad SMARTS) is 1. The molecule has 0 aliphatic carbocycles. The standard InChI is InChI=1S/C20H23NO4/c1-4-10-25-18-9-6-15(12-19(18)24-5-2)13-21-17-8-7-16(20(22)23)11-14(17)3/h4,6-9,11-12,21H,1,5,10,13H2,2-3H3,(H,22,23). The zero-order valence-electron chi connectivity index (χ0n) is 14.5. The molecule has 0 aliphatic rings. The first-order valence-corrected chi connectivity index (χ1v) is 8.12. The molecule has 0 spiro atoms. The monoisotopic (exact) mass is 341 g/mol. The smallest absolute Gasteiger partial charge is 0.335 e. The van der Waals surface area contributed by atoms with Gasteiger partial charge in [-0.3, -0.25) is 0 Å².